The predicted molar refractivity (Wildman–Crippen MR) is 68.2 cm³/mol. The van der Waals surface area contributed by atoms with E-state index in [2.05, 4.69) is 40.9 Å². The zero-order valence-corrected chi connectivity index (χ0v) is 10.1. The molecule has 0 aliphatic heterocycles. The fourth-order valence-corrected chi connectivity index (χ4v) is 2.54. The monoisotopic (exact) mass is 227 g/mol. The molecule has 0 saturated carbocycles. The van der Waals surface area contributed by atoms with E-state index in [-0.39, 0.29) is 6.04 Å². The summed E-state index contributed by atoms with van der Waals surface area (Å²) in [5.74, 6) is 0.992. The van der Waals surface area contributed by atoms with Crippen molar-refractivity contribution in [3.05, 3.63) is 47.4 Å². The van der Waals surface area contributed by atoms with Gasteiger partial charge < -0.3 is 10.3 Å². The maximum absolute atomic E-state index is 6.13. The van der Waals surface area contributed by atoms with Crippen molar-refractivity contribution in [1.82, 2.24) is 9.55 Å². The van der Waals surface area contributed by atoms with Crippen molar-refractivity contribution < 1.29 is 0 Å². The zero-order chi connectivity index (χ0) is 11.8. The third-order valence-electron chi connectivity index (χ3n) is 3.50. The highest BCUT2D eigenvalue weighted by Crippen LogP contribution is 2.30. The van der Waals surface area contributed by atoms with Crippen LogP contribution in [-0.4, -0.2) is 9.55 Å². The highest BCUT2D eigenvalue weighted by Gasteiger charge is 2.20. The molecule has 88 valence electrons. The van der Waals surface area contributed by atoms with Gasteiger partial charge in [-0.3, -0.25) is 0 Å². The van der Waals surface area contributed by atoms with Gasteiger partial charge in [0.2, 0.25) is 0 Å². The van der Waals surface area contributed by atoms with Crippen molar-refractivity contribution in [2.24, 2.45) is 5.73 Å². The van der Waals surface area contributed by atoms with Crippen LogP contribution in [0.5, 0.6) is 0 Å². The molecule has 3 rings (SSSR count). The lowest BCUT2D eigenvalue weighted by Crippen LogP contribution is -2.18. The molecule has 0 spiro atoms. The third-order valence-corrected chi connectivity index (χ3v) is 3.50. The van der Waals surface area contributed by atoms with Crippen molar-refractivity contribution in [2.75, 3.05) is 0 Å². The molecule has 1 atom stereocenters. The molecule has 2 aromatic rings. The molecule has 2 N–H and O–H groups in total. The molecule has 0 fully saturated rings. The van der Waals surface area contributed by atoms with Gasteiger partial charge in [0.15, 0.2) is 0 Å². The third kappa shape index (κ3) is 1.76. The Kier molecular flexibility index (Phi) is 2.48. The van der Waals surface area contributed by atoms with E-state index in [9.17, 15) is 0 Å². The van der Waals surface area contributed by atoms with E-state index >= 15 is 0 Å². The van der Waals surface area contributed by atoms with Crippen LogP contribution in [0.1, 0.15) is 35.7 Å². The first-order chi connectivity index (χ1) is 8.25. The fourth-order valence-electron chi connectivity index (χ4n) is 2.54. The number of hydrogen-bond donors (Lipinski definition) is 1. The van der Waals surface area contributed by atoms with Gasteiger partial charge in [0, 0.05) is 24.1 Å². The molecular formula is C14H17N3. The SMILES string of the molecule is Cc1ccc(-n2ccc3c2CCCC3N)nc1. The van der Waals surface area contributed by atoms with Crippen LogP contribution in [-0.2, 0) is 6.42 Å². The number of nitrogens with two attached hydrogens (primary N) is 1. The Morgan fingerprint density at radius 2 is 2.24 bits per heavy atom. The van der Waals surface area contributed by atoms with Crippen LogP contribution < -0.4 is 5.73 Å². The van der Waals surface area contributed by atoms with E-state index in [1.165, 1.54) is 23.2 Å². The lowest BCUT2D eigenvalue weighted by atomic mass is 9.94. The van der Waals surface area contributed by atoms with Crippen LogP contribution in [0.15, 0.2) is 30.6 Å². The highest BCUT2D eigenvalue weighted by atomic mass is 15.1. The molecule has 0 aromatic carbocycles. The topological polar surface area (TPSA) is 43.8 Å². The molecule has 3 heteroatoms. The Labute approximate surface area is 101 Å². The Balaban J connectivity index is 2.07. The molecule has 3 nitrogen and oxygen atoms in total. The summed E-state index contributed by atoms with van der Waals surface area (Å²) in [4.78, 5) is 4.48. The van der Waals surface area contributed by atoms with Crippen molar-refractivity contribution in [3.8, 4) is 5.82 Å². The lowest BCUT2D eigenvalue weighted by Gasteiger charge is -2.20. The molecule has 1 unspecified atom stereocenters. The van der Waals surface area contributed by atoms with Gasteiger partial charge in [0.1, 0.15) is 5.82 Å². The van der Waals surface area contributed by atoms with Crippen LogP contribution >= 0.6 is 0 Å². The molecule has 1 aliphatic rings. The first kappa shape index (κ1) is 10.5. The smallest absolute Gasteiger partial charge is 0.136 e. The average Bonchev–Trinajstić information content (AvgIpc) is 2.75. The number of pyridine rings is 1. The molecule has 0 bridgehead atoms. The van der Waals surface area contributed by atoms with E-state index in [0.29, 0.717) is 0 Å². The first-order valence-electron chi connectivity index (χ1n) is 6.14. The minimum atomic E-state index is 0.199. The Hall–Kier alpha value is -1.61. The van der Waals surface area contributed by atoms with Gasteiger partial charge in [-0.25, -0.2) is 4.98 Å². The van der Waals surface area contributed by atoms with Gasteiger partial charge in [-0.1, -0.05) is 6.07 Å². The summed E-state index contributed by atoms with van der Waals surface area (Å²) in [6.45, 7) is 2.05. The standard InChI is InChI=1S/C14H17N3/c1-10-5-6-14(16-9-10)17-8-7-11-12(15)3-2-4-13(11)17/h5-9,12H,2-4,15H2,1H3. The number of nitrogens with zero attached hydrogens (tertiary/aromatic N) is 2. The number of fused-ring (bicyclic) bond motifs is 1. The second-order valence-electron chi connectivity index (χ2n) is 4.78. The Morgan fingerprint density at radius 3 is 3.00 bits per heavy atom. The van der Waals surface area contributed by atoms with Crippen molar-refractivity contribution in [2.45, 2.75) is 32.2 Å². The molecule has 17 heavy (non-hydrogen) atoms. The van der Waals surface area contributed by atoms with Crippen LogP contribution in [0.2, 0.25) is 0 Å². The summed E-state index contributed by atoms with van der Waals surface area (Å²) in [5.41, 5.74) is 9.94. The summed E-state index contributed by atoms with van der Waals surface area (Å²) < 4.78 is 2.17. The van der Waals surface area contributed by atoms with E-state index < -0.39 is 0 Å². The lowest BCUT2D eigenvalue weighted by molar-refractivity contribution is 0.559. The maximum atomic E-state index is 6.13. The minimum Gasteiger partial charge on any atom is -0.324 e. The Morgan fingerprint density at radius 1 is 1.35 bits per heavy atom. The molecule has 0 saturated heterocycles. The maximum Gasteiger partial charge on any atom is 0.136 e. The van der Waals surface area contributed by atoms with Crippen molar-refractivity contribution in [3.63, 3.8) is 0 Å². The molecule has 0 radical (unpaired) electrons. The predicted octanol–water partition coefficient (Wildman–Crippen LogP) is 2.52. The quantitative estimate of drug-likeness (QED) is 0.813. The number of rotatable bonds is 1. The number of aromatic nitrogens is 2. The molecule has 0 amide bonds. The average molecular weight is 227 g/mol. The van der Waals surface area contributed by atoms with E-state index in [0.717, 1.165) is 18.7 Å². The summed E-state index contributed by atoms with van der Waals surface area (Å²) in [5, 5.41) is 0. The normalized spacial score (nSPS) is 19.1. The molecule has 2 aromatic heterocycles. The highest BCUT2D eigenvalue weighted by molar-refractivity contribution is 5.36. The Bertz CT molecular complexity index is 525. The molecular weight excluding hydrogens is 210 g/mol. The van der Waals surface area contributed by atoms with Gasteiger partial charge in [-0.05, 0) is 49.4 Å². The van der Waals surface area contributed by atoms with Gasteiger partial charge >= 0.3 is 0 Å². The summed E-state index contributed by atoms with van der Waals surface area (Å²) >= 11 is 0. The van der Waals surface area contributed by atoms with Crippen molar-refractivity contribution >= 4 is 0 Å². The largest absolute Gasteiger partial charge is 0.324 e. The van der Waals surface area contributed by atoms with Crippen LogP contribution in [0.3, 0.4) is 0 Å². The van der Waals surface area contributed by atoms with E-state index in [4.69, 9.17) is 5.73 Å². The second-order valence-corrected chi connectivity index (χ2v) is 4.78. The van der Waals surface area contributed by atoms with Gasteiger partial charge in [0.05, 0.1) is 0 Å². The van der Waals surface area contributed by atoms with Crippen LogP contribution in [0.4, 0.5) is 0 Å². The van der Waals surface area contributed by atoms with Gasteiger partial charge in [-0.15, -0.1) is 0 Å². The summed E-state index contributed by atoms with van der Waals surface area (Å²) in [6.07, 6.45) is 7.37. The van der Waals surface area contributed by atoms with Gasteiger partial charge in [0.25, 0.3) is 0 Å². The minimum absolute atomic E-state index is 0.199. The zero-order valence-electron chi connectivity index (χ0n) is 10.1. The number of hydrogen-bond acceptors (Lipinski definition) is 2. The number of aryl methyl sites for hydroxylation is 1. The summed E-state index contributed by atoms with van der Waals surface area (Å²) in [7, 11) is 0. The van der Waals surface area contributed by atoms with E-state index in [1.807, 2.05) is 6.20 Å². The van der Waals surface area contributed by atoms with Gasteiger partial charge in [-0.2, -0.15) is 0 Å². The van der Waals surface area contributed by atoms with E-state index in [1.54, 1.807) is 0 Å². The molecule has 1 aliphatic carbocycles. The molecule has 2 heterocycles. The summed E-state index contributed by atoms with van der Waals surface area (Å²) in [6, 6.07) is 6.50. The van der Waals surface area contributed by atoms with Crippen LogP contribution in [0, 0.1) is 6.92 Å². The van der Waals surface area contributed by atoms with Crippen LogP contribution in [0.25, 0.3) is 5.82 Å². The first-order valence-corrected chi connectivity index (χ1v) is 6.14. The second kappa shape index (κ2) is 4.00. The van der Waals surface area contributed by atoms with Crippen molar-refractivity contribution in [1.29, 1.82) is 0 Å². The fraction of sp³-hybridized carbons (Fsp3) is 0.357.